The van der Waals surface area contributed by atoms with Crippen LogP contribution in [0.25, 0.3) is 6.08 Å². The molecule has 0 bridgehead atoms. The third-order valence-corrected chi connectivity index (χ3v) is 5.17. The lowest BCUT2D eigenvalue weighted by Crippen LogP contribution is -2.35. The Hall–Kier alpha value is -3.61. The molecule has 0 unspecified atom stereocenters. The zero-order valence-electron chi connectivity index (χ0n) is 17.2. The first kappa shape index (κ1) is 23.1. The van der Waals surface area contributed by atoms with Crippen LogP contribution in [0.5, 0.6) is 11.5 Å². The number of hydrogen-bond donors (Lipinski definition) is 0. The fraction of sp³-hybridized carbons (Fsp3) is 0.182. The normalized spacial score (nSPS) is 14.5. The minimum atomic E-state index is -0.554. The average molecular weight is 472 g/mol. The maximum absolute atomic E-state index is 13.3. The van der Waals surface area contributed by atoms with E-state index in [1.165, 1.54) is 24.0 Å². The number of carbonyl (C=O) groups is 2. The van der Waals surface area contributed by atoms with Crippen molar-refractivity contribution in [3.05, 3.63) is 58.7 Å². The van der Waals surface area contributed by atoms with Gasteiger partial charge < -0.3 is 19.1 Å². The first-order valence-corrected chi connectivity index (χ1v) is 10.1. The van der Waals surface area contributed by atoms with Crippen LogP contribution in [0.4, 0.5) is 5.69 Å². The number of amides is 1. The lowest BCUT2D eigenvalue weighted by molar-refractivity contribution is -0.140. The molecule has 2 aromatic carbocycles. The highest BCUT2D eigenvalue weighted by atomic mass is 35.5. The second-order valence-corrected chi connectivity index (χ2v) is 7.25. The molecule has 0 N–H and O–H groups in total. The van der Waals surface area contributed by atoms with Crippen molar-refractivity contribution in [2.24, 2.45) is 0 Å². The number of hydrogen-bond acceptors (Lipinski definition) is 7. The lowest BCUT2D eigenvalue weighted by atomic mass is 10.1. The first-order valence-electron chi connectivity index (χ1n) is 9.27. The predicted octanol–water partition coefficient (Wildman–Crippen LogP) is 3.40. The predicted molar refractivity (Wildman–Crippen MR) is 122 cm³/mol. The molecule has 10 heteroatoms. The molecular formula is C22H18ClN3O5S. The molecule has 2 aromatic rings. The maximum Gasteiger partial charge on any atom is 0.325 e. The zero-order chi connectivity index (χ0) is 23.3. The summed E-state index contributed by atoms with van der Waals surface area (Å²) in [5, 5.41) is 9.36. The molecule has 1 aliphatic rings. The molecule has 0 aliphatic carbocycles. The molecular weight excluding hydrogens is 454 g/mol. The summed E-state index contributed by atoms with van der Waals surface area (Å²) in [5.41, 5.74) is 1.30. The first-order chi connectivity index (χ1) is 15.4. The highest BCUT2D eigenvalue weighted by Gasteiger charge is 2.40. The summed E-state index contributed by atoms with van der Waals surface area (Å²) in [7, 11) is 2.72. The minimum Gasteiger partial charge on any atom is -0.493 e. The van der Waals surface area contributed by atoms with E-state index in [1.807, 2.05) is 6.07 Å². The number of esters is 1. The van der Waals surface area contributed by atoms with Crippen molar-refractivity contribution in [2.45, 2.75) is 0 Å². The Labute approximate surface area is 195 Å². The van der Waals surface area contributed by atoms with E-state index in [1.54, 1.807) is 48.5 Å². The van der Waals surface area contributed by atoms with Crippen LogP contribution in [0, 0.1) is 11.3 Å². The van der Waals surface area contributed by atoms with E-state index in [4.69, 9.17) is 43.3 Å². The summed E-state index contributed by atoms with van der Waals surface area (Å²) < 4.78 is 15.4. The van der Waals surface area contributed by atoms with Gasteiger partial charge >= 0.3 is 5.97 Å². The lowest BCUT2D eigenvalue weighted by Gasteiger charge is -2.19. The summed E-state index contributed by atoms with van der Waals surface area (Å²) in [6, 6.07) is 13.5. The van der Waals surface area contributed by atoms with Gasteiger partial charge in [-0.25, -0.2) is 0 Å². The Bertz CT molecular complexity index is 1130. The summed E-state index contributed by atoms with van der Waals surface area (Å²) in [6.07, 6.45) is 1.59. The van der Waals surface area contributed by atoms with Crippen LogP contribution in [0.3, 0.4) is 0 Å². The van der Waals surface area contributed by atoms with Crippen LogP contribution in [-0.4, -0.2) is 49.3 Å². The Balaban J connectivity index is 2.03. The molecule has 8 nitrogen and oxygen atoms in total. The van der Waals surface area contributed by atoms with Crippen molar-refractivity contribution in [1.82, 2.24) is 4.90 Å². The van der Waals surface area contributed by atoms with Crippen LogP contribution in [-0.2, 0) is 14.3 Å². The molecule has 164 valence electrons. The fourth-order valence-electron chi connectivity index (χ4n) is 3.01. The minimum absolute atomic E-state index is 0.132. The van der Waals surface area contributed by atoms with Gasteiger partial charge in [0, 0.05) is 5.02 Å². The van der Waals surface area contributed by atoms with Crippen LogP contribution < -0.4 is 14.4 Å². The van der Waals surface area contributed by atoms with Crippen molar-refractivity contribution in [3.8, 4) is 17.6 Å². The van der Waals surface area contributed by atoms with Crippen LogP contribution in [0.1, 0.15) is 5.56 Å². The summed E-state index contributed by atoms with van der Waals surface area (Å²) in [4.78, 5) is 28.0. The molecule has 32 heavy (non-hydrogen) atoms. The second kappa shape index (κ2) is 10.1. The SMILES string of the molecule is COC(=O)CN1C(=S)N(c2ccc(Cl)cc2)C(=O)/C1=C/c1ccc(OCC#N)c(OC)c1. The highest BCUT2D eigenvalue weighted by Crippen LogP contribution is 2.32. The van der Waals surface area contributed by atoms with E-state index in [-0.39, 0.29) is 24.0 Å². The Morgan fingerprint density at radius 1 is 1.19 bits per heavy atom. The number of nitriles is 1. The molecule has 1 fully saturated rings. The van der Waals surface area contributed by atoms with Gasteiger partial charge in [0.15, 0.2) is 23.2 Å². The van der Waals surface area contributed by atoms with E-state index >= 15 is 0 Å². The van der Waals surface area contributed by atoms with E-state index in [0.717, 1.165) is 0 Å². The molecule has 1 aliphatic heterocycles. The average Bonchev–Trinajstić information content (AvgIpc) is 3.02. The number of ether oxygens (including phenoxy) is 3. The number of benzene rings is 2. The molecule has 0 spiro atoms. The number of rotatable bonds is 7. The molecule has 0 radical (unpaired) electrons. The van der Waals surface area contributed by atoms with Crippen LogP contribution >= 0.6 is 23.8 Å². The Morgan fingerprint density at radius 3 is 2.53 bits per heavy atom. The number of thiocarbonyl (C=S) groups is 1. The number of halogens is 1. The number of carbonyl (C=O) groups excluding carboxylic acids is 2. The van der Waals surface area contributed by atoms with Crippen LogP contribution in [0.2, 0.25) is 5.02 Å². The van der Waals surface area contributed by atoms with Crippen molar-refractivity contribution < 1.29 is 23.8 Å². The molecule has 0 atom stereocenters. The topological polar surface area (TPSA) is 92.1 Å². The highest BCUT2D eigenvalue weighted by molar-refractivity contribution is 7.80. The molecule has 0 saturated carbocycles. The Kier molecular flexibility index (Phi) is 7.30. The van der Waals surface area contributed by atoms with Crippen molar-refractivity contribution in [3.63, 3.8) is 0 Å². The van der Waals surface area contributed by atoms with E-state index in [0.29, 0.717) is 27.8 Å². The molecule has 0 aromatic heterocycles. The molecule has 1 saturated heterocycles. The summed E-state index contributed by atoms with van der Waals surface area (Å²) in [6.45, 7) is -0.371. The van der Waals surface area contributed by atoms with Gasteiger partial charge in [0.2, 0.25) is 0 Å². The van der Waals surface area contributed by atoms with Gasteiger partial charge in [0.1, 0.15) is 18.3 Å². The van der Waals surface area contributed by atoms with Crippen molar-refractivity contribution in [1.29, 1.82) is 5.26 Å². The number of methoxy groups -OCH3 is 2. The smallest absolute Gasteiger partial charge is 0.325 e. The van der Waals surface area contributed by atoms with Crippen molar-refractivity contribution in [2.75, 3.05) is 32.3 Å². The van der Waals surface area contributed by atoms with Gasteiger partial charge in [-0.3, -0.25) is 14.5 Å². The summed E-state index contributed by atoms with van der Waals surface area (Å²) in [5.74, 6) is -0.192. The third-order valence-electron chi connectivity index (χ3n) is 4.52. The molecule has 3 rings (SSSR count). The van der Waals surface area contributed by atoms with Gasteiger partial charge in [-0.05, 0) is 60.3 Å². The van der Waals surface area contributed by atoms with Crippen molar-refractivity contribution >= 4 is 52.6 Å². The quantitative estimate of drug-likeness (QED) is 0.344. The number of nitrogens with zero attached hydrogens (tertiary/aromatic N) is 3. The van der Waals surface area contributed by atoms with E-state index in [2.05, 4.69) is 0 Å². The van der Waals surface area contributed by atoms with Gasteiger partial charge in [0.25, 0.3) is 5.91 Å². The third kappa shape index (κ3) is 4.82. The maximum atomic E-state index is 13.3. The van der Waals surface area contributed by atoms with Gasteiger partial charge in [-0.1, -0.05) is 17.7 Å². The summed E-state index contributed by atoms with van der Waals surface area (Å²) >= 11 is 11.5. The van der Waals surface area contributed by atoms with Crippen LogP contribution in [0.15, 0.2) is 48.2 Å². The molecule has 1 amide bonds. The molecule has 1 heterocycles. The zero-order valence-corrected chi connectivity index (χ0v) is 18.8. The second-order valence-electron chi connectivity index (χ2n) is 6.45. The monoisotopic (exact) mass is 471 g/mol. The fourth-order valence-corrected chi connectivity index (χ4v) is 3.48. The van der Waals surface area contributed by atoms with E-state index in [9.17, 15) is 9.59 Å². The Morgan fingerprint density at radius 2 is 1.91 bits per heavy atom. The standard InChI is InChI=1S/C22H18ClN3O5S/c1-29-19-12-14(3-8-18(19)31-10-9-24)11-17-21(28)26(16-6-4-15(23)5-7-16)22(32)25(17)13-20(27)30-2/h3-8,11-12H,10,13H2,1-2H3/b17-11-. The van der Waals surface area contributed by atoms with E-state index < -0.39 is 11.9 Å². The van der Waals surface area contributed by atoms with Gasteiger partial charge in [-0.15, -0.1) is 0 Å². The van der Waals surface area contributed by atoms with Gasteiger partial charge in [0.05, 0.1) is 19.9 Å². The largest absolute Gasteiger partial charge is 0.493 e. The van der Waals surface area contributed by atoms with Gasteiger partial charge in [-0.2, -0.15) is 5.26 Å². The number of anilines is 1.